The second-order valence-corrected chi connectivity index (χ2v) is 7.29. The van der Waals surface area contributed by atoms with Crippen LogP contribution < -0.4 is 10.7 Å². The van der Waals surface area contributed by atoms with Crippen molar-refractivity contribution in [3.8, 4) is 0 Å². The Morgan fingerprint density at radius 1 is 1.19 bits per heavy atom. The third-order valence-electron chi connectivity index (χ3n) is 4.54. The Labute approximate surface area is 163 Å². The van der Waals surface area contributed by atoms with Crippen molar-refractivity contribution in [3.05, 3.63) is 63.6 Å². The van der Waals surface area contributed by atoms with Gasteiger partial charge < -0.3 is 9.32 Å². The predicted octanol–water partition coefficient (Wildman–Crippen LogP) is 4.81. The topological polar surface area (TPSA) is 55.5 Å². The molecule has 142 valence electrons. The van der Waals surface area contributed by atoms with Crippen LogP contribution in [-0.2, 0) is 11.3 Å². The molecule has 2 aromatic carbocycles. The molecular weight excluding hydrogens is 364 g/mol. The van der Waals surface area contributed by atoms with Gasteiger partial charge in [-0.05, 0) is 42.2 Å². The molecule has 0 radical (unpaired) electrons. The number of anilines is 1. The maximum Gasteiger partial charge on any atom is 0.420 e. The molecule has 1 aromatic heterocycles. The summed E-state index contributed by atoms with van der Waals surface area (Å²) in [6.07, 6.45) is 0.814. The summed E-state index contributed by atoms with van der Waals surface area (Å²) in [7, 11) is 0. The first-order chi connectivity index (χ1) is 12.9. The summed E-state index contributed by atoms with van der Waals surface area (Å²) in [5.41, 5.74) is 2.99. The van der Waals surface area contributed by atoms with E-state index < -0.39 is 5.76 Å². The van der Waals surface area contributed by atoms with Crippen molar-refractivity contribution in [1.29, 1.82) is 0 Å². The zero-order valence-corrected chi connectivity index (χ0v) is 16.5. The molecule has 0 atom stereocenters. The molecule has 0 N–H and O–H groups in total. The van der Waals surface area contributed by atoms with E-state index in [2.05, 4.69) is 13.8 Å². The maximum atomic E-state index is 13.0. The Morgan fingerprint density at radius 2 is 1.89 bits per heavy atom. The number of oxazole rings is 1. The maximum absolute atomic E-state index is 13.0. The Hall–Kier alpha value is -2.53. The normalized spacial score (nSPS) is 11.3. The summed E-state index contributed by atoms with van der Waals surface area (Å²) in [5, 5.41) is 0.479. The Balaban J connectivity index is 1.90. The van der Waals surface area contributed by atoms with Gasteiger partial charge in [-0.25, -0.2) is 4.79 Å². The van der Waals surface area contributed by atoms with Gasteiger partial charge in [-0.2, -0.15) is 0 Å². The minimum absolute atomic E-state index is 0.0839. The van der Waals surface area contributed by atoms with Gasteiger partial charge in [-0.15, -0.1) is 0 Å². The molecule has 3 rings (SSSR count). The second kappa shape index (κ2) is 8.01. The van der Waals surface area contributed by atoms with Crippen LogP contribution in [0.5, 0.6) is 0 Å². The van der Waals surface area contributed by atoms with Crippen LogP contribution in [0.3, 0.4) is 0 Å². The first kappa shape index (κ1) is 19.2. The van der Waals surface area contributed by atoms with E-state index in [9.17, 15) is 9.59 Å². The summed E-state index contributed by atoms with van der Waals surface area (Å²) >= 11 is 5.95. The first-order valence-electron chi connectivity index (χ1n) is 9.10. The smallest absolute Gasteiger partial charge is 0.408 e. The average molecular weight is 387 g/mol. The van der Waals surface area contributed by atoms with Crippen molar-refractivity contribution >= 4 is 34.3 Å². The lowest BCUT2D eigenvalue weighted by atomic mass is 10.0. The minimum Gasteiger partial charge on any atom is -0.408 e. The van der Waals surface area contributed by atoms with E-state index in [1.807, 2.05) is 31.2 Å². The number of amides is 1. The van der Waals surface area contributed by atoms with Gasteiger partial charge in [0.05, 0.1) is 5.52 Å². The zero-order chi connectivity index (χ0) is 19.6. The summed E-state index contributed by atoms with van der Waals surface area (Å²) in [5.74, 6) is -0.293. The summed E-state index contributed by atoms with van der Waals surface area (Å²) in [6.45, 7) is 6.78. The van der Waals surface area contributed by atoms with Gasteiger partial charge >= 0.3 is 5.76 Å². The lowest BCUT2D eigenvalue weighted by molar-refractivity contribution is -0.119. The molecule has 0 saturated carbocycles. The van der Waals surface area contributed by atoms with E-state index in [1.54, 1.807) is 23.1 Å². The van der Waals surface area contributed by atoms with Crippen molar-refractivity contribution in [2.24, 2.45) is 0 Å². The van der Waals surface area contributed by atoms with Crippen LogP contribution >= 0.6 is 11.6 Å². The zero-order valence-electron chi connectivity index (χ0n) is 15.7. The first-order valence-corrected chi connectivity index (χ1v) is 9.47. The highest BCUT2D eigenvalue weighted by molar-refractivity contribution is 6.31. The summed E-state index contributed by atoms with van der Waals surface area (Å²) < 4.78 is 6.57. The molecule has 3 aromatic rings. The molecule has 0 fully saturated rings. The summed E-state index contributed by atoms with van der Waals surface area (Å²) in [4.78, 5) is 26.9. The van der Waals surface area contributed by atoms with Crippen LogP contribution in [0.15, 0.2) is 51.7 Å². The molecule has 0 bridgehead atoms. The van der Waals surface area contributed by atoms with E-state index in [0.717, 1.165) is 12.1 Å². The number of rotatable bonds is 6. The number of halogens is 1. The van der Waals surface area contributed by atoms with E-state index in [1.165, 1.54) is 10.1 Å². The summed E-state index contributed by atoms with van der Waals surface area (Å²) in [6, 6.07) is 12.9. The van der Waals surface area contributed by atoms with E-state index in [-0.39, 0.29) is 12.5 Å². The van der Waals surface area contributed by atoms with E-state index in [4.69, 9.17) is 16.0 Å². The van der Waals surface area contributed by atoms with E-state index >= 15 is 0 Å². The number of carbonyl (C=O) groups excluding carboxylic acids is 1. The number of fused-ring (bicyclic) bond motifs is 1. The number of aromatic nitrogens is 1. The van der Waals surface area contributed by atoms with Crippen molar-refractivity contribution < 1.29 is 9.21 Å². The molecule has 0 saturated heterocycles. The van der Waals surface area contributed by atoms with Crippen LogP contribution in [0.4, 0.5) is 5.69 Å². The number of carbonyl (C=O) groups is 1. The van der Waals surface area contributed by atoms with Gasteiger partial charge in [0.2, 0.25) is 5.91 Å². The fourth-order valence-electron chi connectivity index (χ4n) is 3.07. The van der Waals surface area contributed by atoms with Crippen LogP contribution in [0.25, 0.3) is 11.1 Å². The molecule has 0 aliphatic rings. The molecule has 1 heterocycles. The molecule has 5 nitrogen and oxygen atoms in total. The molecule has 1 amide bonds. The molecule has 27 heavy (non-hydrogen) atoms. The highest BCUT2D eigenvalue weighted by atomic mass is 35.5. The number of hydrogen-bond acceptors (Lipinski definition) is 3. The SMILES string of the molecule is CCCN(C(=O)Cn1c(=O)oc2cc(Cl)ccc21)c1ccc(C(C)C)cc1. The highest BCUT2D eigenvalue weighted by Gasteiger charge is 2.19. The quantitative estimate of drug-likeness (QED) is 0.610. The molecule has 0 unspecified atom stereocenters. The Morgan fingerprint density at radius 3 is 2.52 bits per heavy atom. The Kier molecular flexibility index (Phi) is 5.71. The number of hydrogen-bond donors (Lipinski definition) is 0. The van der Waals surface area contributed by atoms with Gasteiger partial charge in [0, 0.05) is 23.3 Å². The molecular formula is C21H23ClN2O3. The van der Waals surface area contributed by atoms with Gasteiger partial charge in [0.15, 0.2) is 5.58 Å². The molecule has 0 aliphatic carbocycles. The number of benzene rings is 2. The minimum atomic E-state index is -0.563. The lowest BCUT2D eigenvalue weighted by Crippen LogP contribution is -2.36. The second-order valence-electron chi connectivity index (χ2n) is 6.86. The third kappa shape index (κ3) is 4.08. The molecule has 0 aliphatic heterocycles. The van der Waals surface area contributed by atoms with Crippen molar-refractivity contribution in [2.45, 2.75) is 39.7 Å². The third-order valence-corrected chi connectivity index (χ3v) is 4.78. The monoisotopic (exact) mass is 386 g/mol. The van der Waals surface area contributed by atoms with Gasteiger partial charge in [0.25, 0.3) is 0 Å². The van der Waals surface area contributed by atoms with Crippen LogP contribution in [0.2, 0.25) is 5.02 Å². The van der Waals surface area contributed by atoms with Crippen LogP contribution in [-0.4, -0.2) is 17.0 Å². The van der Waals surface area contributed by atoms with Gasteiger partial charge in [-0.1, -0.05) is 44.5 Å². The fourth-order valence-corrected chi connectivity index (χ4v) is 3.23. The van der Waals surface area contributed by atoms with Crippen molar-refractivity contribution in [2.75, 3.05) is 11.4 Å². The lowest BCUT2D eigenvalue weighted by Gasteiger charge is -2.23. The highest BCUT2D eigenvalue weighted by Crippen LogP contribution is 2.22. The predicted molar refractivity (Wildman–Crippen MR) is 109 cm³/mol. The average Bonchev–Trinajstić information content (AvgIpc) is 2.94. The molecule has 0 spiro atoms. The van der Waals surface area contributed by atoms with Gasteiger partial charge in [-0.3, -0.25) is 9.36 Å². The number of nitrogens with zero attached hydrogens (tertiary/aromatic N) is 2. The largest absolute Gasteiger partial charge is 0.420 e. The van der Waals surface area contributed by atoms with Crippen molar-refractivity contribution in [3.63, 3.8) is 0 Å². The standard InChI is InChI=1S/C21H23ClN2O3/c1-4-11-23(17-8-5-15(6-9-17)14(2)3)20(25)13-24-18-10-7-16(22)12-19(18)27-21(24)26/h5-10,12,14H,4,11,13H2,1-3H3. The Bertz CT molecular complexity index is 1000. The van der Waals surface area contributed by atoms with Crippen LogP contribution in [0, 0.1) is 0 Å². The van der Waals surface area contributed by atoms with Gasteiger partial charge in [0.1, 0.15) is 6.54 Å². The fraction of sp³-hybridized carbons (Fsp3) is 0.333. The molecule has 6 heteroatoms. The van der Waals surface area contributed by atoms with E-state index in [0.29, 0.717) is 28.6 Å². The van der Waals surface area contributed by atoms with Crippen LogP contribution in [0.1, 0.15) is 38.7 Å². The van der Waals surface area contributed by atoms with Crippen molar-refractivity contribution in [1.82, 2.24) is 4.57 Å².